The van der Waals surface area contributed by atoms with Crippen molar-refractivity contribution in [3.8, 4) is 0 Å². The van der Waals surface area contributed by atoms with Crippen LogP contribution in [0.25, 0.3) is 0 Å². The lowest BCUT2D eigenvalue weighted by Crippen LogP contribution is -2.39. The second-order valence-electron chi connectivity index (χ2n) is 4.61. The number of guanidine groups is 1. The molecular weight excluding hydrogens is 380 g/mol. The number of rotatable bonds is 7. The molecule has 1 aromatic carbocycles. The van der Waals surface area contributed by atoms with Crippen molar-refractivity contribution in [1.29, 1.82) is 0 Å². The quantitative estimate of drug-likeness (QED) is 0.246. The third kappa shape index (κ3) is 7.45. The minimum absolute atomic E-state index is 0. The molecule has 118 valence electrons. The van der Waals surface area contributed by atoms with E-state index >= 15 is 0 Å². The van der Waals surface area contributed by atoms with E-state index in [1.807, 2.05) is 26.1 Å². The van der Waals surface area contributed by atoms with Crippen molar-refractivity contribution < 1.29 is 4.39 Å². The summed E-state index contributed by atoms with van der Waals surface area (Å²) in [6.07, 6.45) is 3.93. The maximum atomic E-state index is 13.6. The fraction of sp³-hybridized carbons (Fsp3) is 0.438. The molecule has 0 aliphatic carbocycles. The van der Waals surface area contributed by atoms with Crippen molar-refractivity contribution in [2.24, 2.45) is 4.99 Å². The highest BCUT2D eigenvalue weighted by Gasteiger charge is 2.06. The Kier molecular flexibility index (Phi) is 10.9. The SMILES string of the molecule is C=CCCCN(C)C(=NCc1ccccc1F)NCC.I. The summed E-state index contributed by atoms with van der Waals surface area (Å²) in [5, 5.41) is 3.23. The van der Waals surface area contributed by atoms with Crippen molar-refractivity contribution >= 4 is 29.9 Å². The van der Waals surface area contributed by atoms with Crippen molar-refractivity contribution in [2.45, 2.75) is 26.3 Å². The summed E-state index contributed by atoms with van der Waals surface area (Å²) >= 11 is 0. The smallest absolute Gasteiger partial charge is 0.193 e. The van der Waals surface area contributed by atoms with Gasteiger partial charge in [-0.15, -0.1) is 30.6 Å². The molecule has 0 heterocycles. The summed E-state index contributed by atoms with van der Waals surface area (Å²) in [5.74, 6) is 0.598. The number of aliphatic imine (C=N–C) groups is 1. The number of allylic oxidation sites excluding steroid dienone is 1. The lowest BCUT2D eigenvalue weighted by molar-refractivity contribution is 0.469. The van der Waals surface area contributed by atoms with Crippen LogP contribution < -0.4 is 5.32 Å². The molecule has 1 N–H and O–H groups in total. The van der Waals surface area contributed by atoms with Crippen LogP contribution in [0.2, 0.25) is 0 Å². The number of unbranched alkanes of at least 4 members (excludes halogenated alkanes) is 1. The molecule has 0 fully saturated rings. The fourth-order valence-corrected chi connectivity index (χ4v) is 1.84. The number of hydrogen-bond acceptors (Lipinski definition) is 1. The van der Waals surface area contributed by atoms with Gasteiger partial charge in [-0.2, -0.15) is 0 Å². The Labute approximate surface area is 144 Å². The van der Waals surface area contributed by atoms with Crippen LogP contribution in [-0.4, -0.2) is 31.0 Å². The molecule has 0 aromatic heterocycles. The van der Waals surface area contributed by atoms with E-state index in [9.17, 15) is 4.39 Å². The summed E-state index contributed by atoms with van der Waals surface area (Å²) in [4.78, 5) is 6.55. The highest BCUT2D eigenvalue weighted by atomic mass is 127. The van der Waals surface area contributed by atoms with Crippen LogP contribution in [0.4, 0.5) is 4.39 Å². The summed E-state index contributed by atoms with van der Waals surface area (Å²) < 4.78 is 13.6. The monoisotopic (exact) mass is 405 g/mol. The Morgan fingerprint density at radius 2 is 2.14 bits per heavy atom. The van der Waals surface area contributed by atoms with E-state index in [2.05, 4.69) is 21.8 Å². The maximum absolute atomic E-state index is 13.6. The molecule has 0 aliphatic heterocycles. The molecule has 0 unspecified atom stereocenters. The van der Waals surface area contributed by atoms with Crippen molar-refractivity contribution in [3.63, 3.8) is 0 Å². The van der Waals surface area contributed by atoms with Gasteiger partial charge < -0.3 is 10.2 Å². The predicted molar refractivity (Wildman–Crippen MR) is 98.7 cm³/mol. The fourth-order valence-electron chi connectivity index (χ4n) is 1.84. The van der Waals surface area contributed by atoms with E-state index in [1.165, 1.54) is 6.07 Å². The van der Waals surface area contributed by atoms with Crippen LogP contribution in [0, 0.1) is 5.82 Å². The van der Waals surface area contributed by atoms with E-state index in [1.54, 1.807) is 12.1 Å². The first-order valence-electron chi connectivity index (χ1n) is 7.02. The molecule has 21 heavy (non-hydrogen) atoms. The zero-order valence-corrected chi connectivity index (χ0v) is 15.1. The second-order valence-corrected chi connectivity index (χ2v) is 4.61. The van der Waals surface area contributed by atoms with Gasteiger partial charge >= 0.3 is 0 Å². The lowest BCUT2D eigenvalue weighted by atomic mass is 10.2. The lowest BCUT2D eigenvalue weighted by Gasteiger charge is -2.21. The molecule has 1 rings (SSSR count). The van der Waals surface area contributed by atoms with Gasteiger partial charge in [0.25, 0.3) is 0 Å². The Morgan fingerprint density at radius 3 is 2.76 bits per heavy atom. The van der Waals surface area contributed by atoms with Gasteiger partial charge in [-0.1, -0.05) is 24.3 Å². The predicted octanol–water partition coefficient (Wildman–Crippen LogP) is 3.81. The molecule has 0 saturated heterocycles. The van der Waals surface area contributed by atoms with Crippen LogP contribution in [0.5, 0.6) is 0 Å². The Bertz CT molecular complexity index is 449. The highest BCUT2D eigenvalue weighted by molar-refractivity contribution is 14.0. The molecule has 0 spiro atoms. The van der Waals surface area contributed by atoms with Crippen LogP contribution in [-0.2, 0) is 6.54 Å². The topological polar surface area (TPSA) is 27.6 Å². The molecular formula is C16H25FIN3. The molecule has 0 saturated carbocycles. The zero-order valence-electron chi connectivity index (χ0n) is 12.8. The molecule has 0 amide bonds. The number of benzene rings is 1. The van der Waals surface area contributed by atoms with Crippen molar-refractivity contribution in [2.75, 3.05) is 20.1 Å². The van der Waals surface area contributed by atoms with Gasteiger partial charge in [-0.3, -0.25) is 0 Å². The number of halogens is 2. The molecule has 0 atom stereocenters. The first kappa shape index (κ1) is 19.9. The van der Waals surface area contributed by atoms with E-state index in [-0.39, 0.29) is 29.8 Å². The van der Waals surface area contributed by atoms with Gasteiger partial charge in [0.1, 0.15) is 5.82 Å². The van der Waals surface area contributed by atoms with E-state index in [0.29, 0.717) is 12.1 Å². The standard InChI is InChI=1S/C16H24FN3.HI/c1-4-6-9-12-20(3)16(18-5-2)19-13-14-10-7-8-11-15(14)17;/h4,7-8,10-11H,1,5-6,9,12-13H2,2-3H3,(H,18,19);1H. The normalized spacial score (nSPS) is 10.7. The van der Waals surface area contributed by atoms with Gasteiger partial charge in [0.05, 0.1) is 6.54 Å². The van der Waals surface area contributed by atoms with Gasteiger partial charge in [-0.25, -0.2) is 9.38 Å². The van der Waals surface area contributed by atoms with Crippen molar-refractivity contribution in [3.05, 3.63) is 48.3 Å². The number of hydrogen-bond donors (Lipinski definition) is 1. The second kappa shape index (κ2) is 11.5. The van der Waals surface area contributed by atoms with Crippen LogP contribution in [0.3, 0.4) is 0 Å². The molecule has 3 nitrogen and oxygen atoms in total. The van der Waals surface area contributed by atoms with Crippen LogP contribution in [0.15, 0.2) is 41.9 Å². The largest absolute Gasteiger partial charge is 0.357 e. The molecule has 0 aliphatic rings. The first-order chi connectivity index (χ1) is 9.69. The van der Waals surface area contributed by atoms with Crippen LogP contribution >= 0.6 is 24.0 Å². The summed E-state index contributed by atoms with van der Waals surface area (Å²) in [6, 6.07) is 6.75. The minimum Gasteiger partial charge on any atom is -0.357 e. The Hall–Kier alpha value is -1.11. The van der Waals surface area contributed by atoms with Crippen molar-refractivity contribution in [1.82, 2.24) is 10.2 Å². The average Bonchev–Trinajstić information content (AvgIpc) is 2.45. The van der Waals surface area contributed by atoms with E-state index < -0.39 is 0 Å². The first-order valence-corrected chi connectivity index (χ1v) is 7.02. The van der Waals surface area contributed by atoms with Gasteiger partial charge in [0, 0.05) is 25.7 Å². The maximum Gasteiger partial charge on any atom is 0.193 e. The Morgan fingerprint density at radius 1 is 1.43 bits per heavy atom. The average molecular weight is 405 g/mol. The highest BCUT2D eigenvalue weighted by Crippen LogP contribution is 2.07. The van der Waals surface area contributed by atoms with E-state index in [4.69, 9.17) is 0 Å². The van der Waals surface area contributed by atoms with Crippen LogP contribution in [0.1, 0.15) is 25.3 Å². The Balaban J connectivity index is 0.00000400. The van der Waals surface area contributed by atoms with Gasteiger partial charge in [-0.05, 0) is 25.8 Å². The third-order valence-corrected chi connectivity index (χ3v) is 2.96. The molecule has 5 heteroatoms. The zero-order chi connectivity index (χ0) is 14.8. The summed E-state index contributed by atoms with van der Waals surface area (Å²) in [7, 11) is 1.99. The van der Waals surface area contributed by atoms with E-state index in [0.717, 1.165) is 31.9 Å². The number of nitrogens with one attached hydrogen (secondary N) is 1. The third-order valence-electron chi connectivity index (χ3n) is 2.96. The molecule has 1 aromatic rings. The minimum atomic E-state index is -0.207. The summed E-state index contributed by atoms with van der Waals surface area (Å²) in [5.41, 5.74) is 0.613. The molecule has 0 radical (unpaired) electrons. The molecule has 0 bridgehead atoms. The van der Waals surface area contributed by atoms with Gasteiger partial charge in [0.15, 0.2) is 5.96 Å². The summed E-state index contributed by atoms with van der Waals surface area (Å²) in [6.45, 7) is 7.78. The number of nitrogens with zero attached hydrogens (tertiary/aromatic N) is 2. The van der Waals surface area contributed by atoms with Gasteiger partial charge in [0.2, 0.25) is 0 Å².